The highest BCUT2D eigenvalue weighted by molar-refractivity contribution is 5.99. The minimum atomic E-state index is -0.225. The van der Waals surface area contributed by atoms with Crippen LogP contribution in [0.25, 0.3) is 0 Å². The van der Waals surface area contributed by atoms with Gasteiger partial charge in [-0.15, -0.1) is 0 Å². The lowest BCUT2D eigenvalue weighted by atomic mass is 10.1. The molecule has 0 atom stereocenters. The molecular formula is C23H25FN2O2. The molecule has 4 rings (SSSR count). The van der Waals surface area contributed by atoms with Gasteiger partial charge in [-0.05, 0) is 80.0 Å². The first-order valence-corrected chi connectivity index (χ1v) is 10.1. The van der Waals surface area contributed by atoms with Gasteiger partial charge >= 0.3 is 0 Å². The number of rotatable bonds is 7. The van der Waals surface area contributed by atoms with Crippen molar-refractivity contribution in [1.29, 1.82) is 0 Å². The van der Waals surface area contributed by atoms with Crippen molar-refractivity contribution in [2.24, 2.45) is 5.92 Å². The summed E-state index contributed by atoms with van der Waals surface area (Å²) in [6.45, 7) is 0.742. The number of nitrogens with zero attached hydrogens (tertiary/aromatic N) is 1. The van der Waals surface area contributed by atoms with Crippen molar-refractivity contribution in [3.05, 3.63) is 59.4 Å². The largest absolute Gasteiger partial charge is 0.326 e. The first-order chi connectivity index (χ1) is 13.6. The van der Waals surface area contributed by atoms with Crippen molar-refractivity contribution < 1.29 is 14.0 Å². The predicted molar refractivity (Wildman–Crippen MR) is 108 cm³/mol. The molecule has 1 heterocycles. The van der Waals surface area contributed by atoms with E-state index >= 15 is 0 Å². The normalized spacial score (nSPS) is 15.4. The van der Waals surface area contributed by atoms with E-state index in [1.165, 1.54) is 12.1 Å². The molecule has 146 valence electrons. The van der Waals surface area contributed by atoms with Crippen molar-refractivity contribution in [1.82, 2.24) is 0 Å². The highest BCUT2D eigenvalue weighted by Gasteiger charge is 2.36. The second kappa shape index (κ2) is 8.13. The summed E-state index contributed by atoms with van der Waals surface area (Å²) >= 11 is 0. The maximum absolute atomic E-state index is 12.9. The highest BCUT2D eigenvalue weighted by Crippen LogP contribution is 2.37. The number of fused-ring (bicyclic) bond motifs is 1. The Morgan fingerprint density at radius 3 is 2.61 bits per heavy atom. The van der Waals surface area contributed by atoms with E-state index in [1.54, 1.807) is 12.1 Å². The SMILES string of the molecule is O=C(CCCCc1ccc(F)cc1)Nc1ccc2c(c1)CCN2C(=O)C1CC1. The summed E-state index contributed by atoms with van der Waals surface area (Å²) in [7, 11) is 0. The van der Waals surface area contributed by atoms with Crippen LogP contribution < -0.4 is 10.2 Å². The summed E-state index contributed by atoms with van der Waals surface area (Å²) in [5, 5.41) is 2.96. The van der Waals surface area contributed by atoms with Crippen LogP contribution in [0.2, 0.25) is 0 Å². The summed E-state index contributed by atoms with van der Waals surface area (Å²) in [6.07, 6.45) is 5.86. The van der Waals surface area contributed by atoms with Crippen molar-refractivity contribution >= 4 is 23.2 Å². The van der Waals surface area contributed by atoms with Crippen LogP contribution in [0.1, 0.15) is 43.2 Å². The molecule has 1 saturated carbocycles. The van der Waals surface area contributed by atoms with Gasteiger partial charge < -0.3 is 10.2 Å². The summed E-state index contributed by atoms with van der Waals surface area (Å²) in [6, 6.07) is 12.3. The zero-order valence-electron chi connectivity index (χ0n) is 15.9. The fourth-order valence-electron chi connectivity index (χ4n) is 3.75. The van der Waals surface area contributed by atoms with E-state index in [9.17, 15) is 14.0 Å². The number of carbonyl (C=O) groups is 2. The molecule has 0 spiro atoms. The molecule has 0 unspecified atom stereocenters. The Hall–Kier alpha value is -2.69. The molecule has 2 aliphatic rings. The Labute approximate surface area is 164 Å². The van der Waals surface area contributed by atoms with Gasteiger partial charge in [0.25, 0.3) is 0 Å². The zero-order chi connectivity index (χ0) is 19.5. The lowest BCUT2D eigenvalue weighted by Gasteiger charge is -2.17. The average Bonchev–Trinajstić information content (AvgIpc) is 3.46. The van der Waals surface area contributed by atoms with Gasteiger partial charge in [0.15, 0.2) is 0 Å². The van der Waals surface area contributed by atoms with E-state index in [0.717, 1.165) is 67.6 Å². The summed E-state index contributed by atoms with van der Waals surface area (Å²) in [4.78, 5) is 26.4. The first-order valence-electron chi connectivity index (χ1n) is 10.1. The van der Waals surface area contributed by atoms with Crippen LogP contribution >= 0.6 is 0 Å². The van der Waals surface area contributed by atoms with Crippen LogP contribution in [0.5, 0.6) is 0 Å². The number of anilines is 2. The number of halogens is 1. The van der Waals surface area contributed by atoms with Crippen LogP contribution in [-0.2, 0) is 22.4 Å². The zero-order valence-corrected chi connectivity index (χ0v) is 15.9. The van der Waals surface area contributed by atoms with Gasteiger partial charge in [0.1, 0.15) is 5.82 Å². The molecule has 1 fully saturated rings. The maximum atomic E-state index is 12.9. The monoisotopic (exact) mass is 380 g/mol. The molecule has 1 aliphatic carbocycles. The smallest absolute Gasteiger partial charge is 0.230 e. The predicted octanol–water partition coefficient (Wildman–Crippen LogP) is 4.48. The van der Waals surface area contributed by atoms with Crippen molar-refractivity contribution in [2.75, 3.05) is 16.8 Å². The van der Waals surface area contributed by atoms with Gasteiger partial charge in [-0.25, -0.2) is 4.39 Å². The average molecular weight is 380 g/mol. The topological polar surface area (TPSA) is 49.4 Å². The van der Waals surface area contributed by atoms with Gasteiger partial charge in [-0.1, -0.05) is 12.1 Å². The summed E-state index contributed by atoms with van der Waals surface area (Å²) in [5.41, 5.74) is 4.01. The van der Waals surface area contributed by atoms with Gasteiger partial charge in [-0.3, -0.25) is 9.59 Å². The number of aryl methyl sites for hydroxylation is 1. The minimum Gasteiger partial charge on any atom is -0.326 e. The van der Waals surface area contributed by atoms with E-state index in [-0.39, 0.29) is 23.5 Å². The number of hydrogen-bond acceptors (Lipinski definition) is 2. The second-order valence-corrected chi connectivity index (χ2v) is 7.74. The van der Waals surface area contributed by atoms with Crippen molar-refractivity contribution in [2.45, 2.75) is 44.9 Å². The summed E-state index contributed by atoms with van der Waals surface area (Å²) < 4.78 is 12.9. The lowest BCUT2D eigenvalue weighted by molar-refractivity contribution is -0.119. The van der Waals surface area contributed by atoms with Crippen molar-refractivity contribution in [3.8, 4) is 0 Å². The number of hydrogen-bond donors (Lipinski definition) is 1. The summed E-state index contributed by atoms with van der Waals surface area (Å²) in [5.74, 6) is 0.248. The third-order valence-corrected chi connectivity index (χ3v) is 5.48. The van der Waals surface area contributed by atoms with Gasteiger partial charge in [0.2, 0.25) is 11.8 Å². The molecule has 0 saturated heterocycles. The van der Waals surface area contributed by atoms with Crippen molar-refractivity contribution in [3.63, 3.8) is 0 Å². The quantitative estimate of drug-likeness (QED) is 0.720. The fraction of sp³-hybridized carbons (Fsp3) is 0.391. The third kappa shape index (κ3) is 4.41. The van der Waals surface area contributed by atoms with Gasteiger partial charge in [0, 0.05) is 30.3 Å². The minimum absolute atomic E-state index is 0.00275. The lowest BCUT2D eigenvalue weighted by Crippen LogP contribution is -2.30. The Balaban J connectivity index is 1.24. The molecule has 2 amide bonds. The molecular weight excluding hydrogens is 355 g/mol. The van der Waals surface area contributed by atoms with Crippen LogP contribution in [0.4, 0.5) is 15.8 Å². The fourth-order valence-corrected chi connectivity index (χ4v) is 3.75. The van der Waals surface area contributed by atoms with Gasteiger partial charge in [0.05, 0.1) is 0 Å². The molecule has 2 aromatic rings. The highest BCUT2D eigenvalue weighted by atomic mass is 19.1. The number of unbranched alkanes of at least 4 members (excludes halogenated alkanes) is 1. The van der Waals surface area contributed by atoms with Gasteiger partial charge in [-0.2, -0.15) is 0 Å². The molecule has 5 heteroatoms. The number of nitrogens with one attached hydrogen (secondary N) is 1. The molecule has 1 N–H and O–H groups in total. The Bertz CT molecular complexity index is 875. The van der Waals surface area contributed by atoms with E-state index in [0.29, 0.717) is 6.42 Å². The second-order valence-electron chi connectivity index (χ2n) is 7.74. The molecule has 0 aromatic heterocycles. The van der Waals surface area contributed by atoms with Crippen LogP contribution in [-0.4, -0.2) is 18.4 Å². The van der Waals surface area contributed by atoms with E-state index < -0.39 is 0 Å². The standard InChI is InChI=1S/C23H25FN2O2/c24-19-9-5-16(6-10-19)3-1-2-4-22(27)25-20-11-12-21-18(15-20)13-14-26(21)23(28)17-7-8-17/h5-6,9-12,15,17H,1-4,7-8,13-14H2,(H,25,27). The van der Waals surface area contributed by atoms with Crippen LogP contribution in [0.15, 0.2) is 42.5 Å². The van der Waals surface area contributed by atoms with Crippen LogP contribution in [0.3, 0.4) is 0 Å². The molecule has 0 radical (unpaired) electrons. The maximum Gasteiger partial charge on any atom is 0.230 e. The molecule has 28 heavy (non-hydrogen) atoms. The first kappa shape index (κ1) is 18.7. The van der Waals surface area contributed by atoms with E-state index in [2.05, 4.69) is 5.32 Å². The Morgan fingerprint density at radius 1 is 1.07 bits per heavy atom. The number of amides is 2. The van der Waals surface area contributed by atoms with Crippen LogP contribution in [0, 0.1) is 11.7 Å². The number of carbonyl (C=O) groups excluding carboxylic acids is 2. The molecule has 1 aliphatic heterocycles. The molecule has 0 bridgehead atoms. The number of benzene rings is 2. The van der Waals surface area contributed by atoms with E-state index in [1.807, 2.05) is 23.1 Å². The third-order valence-electron chi connectivity index (χ3n) is 5.48. The Kier molecular flexibility index (Phi) is 5.42. The van der Waals surface area contributed by atoms with E-state index in [4.69, 9.17) is 0 Å². The molecule has 2 aromatic carbocycles. The Morgan fingerprint density at radius 2 is 1.86 bits per heavy atom. The molecule has 4 nitrogen and oxygen atoms in total.